The second kappa shape index (κ2) is 5.44. The molecule has 2 atom stereocenters. The molecule has 0 aliphatic rings. The molecular formula is C16H25N3O. The number of aromatic nitrogens is 2. The van der Waals surface area contributed by atoms with Crippen LogP contribution in [0.2, 0.25) is 0 Å². The van der Waals surface area contributed by atoms with Crippen molar-refractivity contribution in [3.63, 3.8) is 0 Å². The normalized spacial score (nSPS) is 15.4. The second-order valence-corrected chi connectivity index (χ2v) is 6.78. The molecule has 0 amide bonds. The van der Waals surface area contributed by atoms with Crippen molar-refractivity contribution in [2.45, 2.75) is 40.7 Å². The molecule has 0 spiro atoms. The van der Waals surface area contributed by atoms with E-state index in [1.54, 1.807) is 0 Å². The molecule has 2 aromatic rings. The Morgan fingerprint density at radius 2 is 1.80 bits per heavy atom. The molecule has 0 bridgehead atoms. The lowest BCUT2D eigenvalue weighted by atomic mass is 9.82. The largest absolute Gasteiger partial charge is 0.323 e. The molecule has 1 aromatic heterocycles. The predicted octanol–water partition coefficient (Wildman–Crippen LogP) is 3.19. The highest BCUT2D eigenvalue weighted by atomic mass is 16.1. The summed E-state index contributed by atoms with van der Waals surface area (Å²) in [6, 6.07) is 6.31. The van der Waals surface area contributed by atoms with Crippen LogP contribution in [0.15, 0.2) is 23.0 Å². The smallest absolute Gasteiger partial charge is 0.310 e. The SMILES string of the molecule is CC(NCC(C)C(C)(C)C)c1ccc2[nH]c(=O)[nH]c2c1. The maximum absolute atomic E-state index is 11.3. The molecule has 20 heavy (non-hydrogen) atoms. The molecule has 0 aliphatic carbocycles. The molecule has 0 fully saturated rings. The molecule has 3 N–H and O–H groups in total. The molecule has 4 heteroatoms. The second-order valence-electron chi connectivity index (χ2n) is 6.78. The van der Waals surface area contributed by atoms with E-state index in [1.165, 1.54) is 5.56 Å². The lowest BCUT2D eigenvalue weighted by Crippen LogP contribution is -2.31. The van der Waals surface area contributed by atoms with Crippen LogP contribution in [-0.2, 0) is 0 Å². The van der Waals surface area contributed by atoms with E-state index in [1.807, 2.05) is 12.1 Å². The van der Waals surface area contributed by atoms with E-state index in [9.17, 15) is 4.79 Å². The molecule has 2 rings (SSSR count). The van der Waals surface area contributed by atoms with Crippen molar-refractivity contribution in [1.29, 1.82) is 0 Å². The topological polar surface area (TPSA) is 60.7 Å². The molecule has 0 saturated carbocycles. The van der Waals surface area contributed by atoms with Gasteiger partial charge in [-0.05, 0) is 42.5 Å². The maximum Gasteiger partial charge on any atom is 0.323 e. The molecular weight excluding hydrogens is 250 g/mol. The van der Waals surface area contributed by atoms with Crippen molar-refractivity contribution >= 4 is 11.0 Å². The predicted molar refractivity (Wildman–Crippen MR) is 84.0 cm³/mol. The van der Waals surface area contributed by atoms with Crippen molar-refractivity contribution in [2.75, 3.05) is 6.54 Å². The Bertz CT molecular complexity index is 633. The Kier molecular flexibility index (Phi) is 4.04. The Labute approximate surface area is 120 Å². The quantitative estimate of drug-likeness (QED) is 0.802. The average Bonchev–Trinajstić information content (AvgIpc) is 2.73. The summed E-state index contributed by atoms with van der Waals surface area (Å²) < 4.78 is 0. The first-order valence-electron chi connectivity index (χ1n) is 7.22. The Morgan fingerprint density at radius 3 is 2.45 bits per heavy atom. The first-order chi connectivity index (χ1) is 9.27. The minimum absolute atomic E-state index is 0.154. The monoisotopic (exact) mass is 275 g/mol. The van der Waals surface area contributed by atoms with Gasteiger partial charge in [-0.25, -0.2) is 4.79 Å². The summed E-state index contributed by atoms with van der Waals surface area (Å²) in [6.07, 6.45) is 0. The van der Waals surface area contributed by atoms with Gasteiger partial charge in [0.15, 0.2) is 0 Å². The summed E-state index contributed by atoms with van der Waals surface area (Å²) in [7, 11) is 0. The first-order valence-corrected chi connectivity index (χ1v) is 7.22. The number of H-pyrrole nitrogens is 2. The highest BCUT2D eigenvalue weighted by Gasteiger charge is 2.20. The summed E-state index contributed by atoms with van der Waals surface area (Å²) in [5.74, 6) is 0.598. The van der Waals surface area contributed by atoms with Gasteiger partial charge in [0, 0.05) is 6.04 Å². The van der Waals surface area contributed by atoms with Gasteiger partial charge in [0.1, 0.15) is 0 Å². The fourth-order valence-corrected chi connectivity index (χ4v) is 2.10. The molecule has 0 aliphatic heterocycles. The van der Waals surface area contributed by atoms with Gasteiger partial charge >= 0.3 is 5.69 Å². The first kappa shape index (κ1) is 14.9. The van der Waals surface area contributed by atoms with Gasteiger partial charge in [0.05, 0.1) is 11.0 Å². The molecule has 0 radical (unpaired) electrons. The van der Waals surface area contributed by atoms with Crippen LogP contribution in [0.1, 0.15) is 46.2 Å². The molecule has 1 heterocycles. The van der Waals surface area contributed by atoms with Crippen LogP contribution in [0, 0.1) is 11.3 Å². The van der Waals surface area contributed by atoms with Crippen LogP contribution >= 0.6 is 0 Å². The number of hydrogen-bond donors (Lipinski definition) is 3. The minimum Gasteiger partial charge on any atom is -0.310 e. The van der Waals surface area contributed by atoms with Crippen molar-refractivity contribution < 1.29 is 0 Å². The van der Waals surface area contributed by atoms with E-state index in [0.717, 1.165) is 17.6 Å². The van der Waals surface area contributed by atoms with Gasteiger partial charge in [0.2, 0.25) is 0 Å². The number of benzene rings is 1. The fourth-order valence-electron chi connectivity index (χ4n) is 2.10. The maximum atomic E-state index is 11.3. The van der Waals surface area contributed by atoms with Crippen LogP contribution in [0.25, 0.3) is 11.0 Å². The number of imidazole rings is 1. The summed E-state index contributed by atoms with van der Waals surface area (Å²) in [5, 5.41) is 3.57. The number of aromatic amines is 2. The Hall–Kier alpha value is -1.55. The van der Waals surface area contributed by atoms with Crippen molar-refractivity contribution in [2.24, 2.45) is 11.3 Å². The van der Waals surface area contributed by atoms with Crippen LogP contribution in [0.4, 0.5) is 0 Å². The van der Waals surface area contributed by atoms with E-state index in [0.29, 0.717) is 11.3 Å². The van der Waals surface area contributed by atoms with E-state index in [-0.39, 0.29) is 11.7 Å². The number of hydrogen-bond acceptors (Lipinski definition) is 2. The fraction of sp³-hybridized carbons (Fsp3) is 0.562. The molecule has 2 unspecified atom stereocenters. The average molecular weight is 275 g/mol. The molecule has 1 aromatic carbocycles. The summed E-state index contributed by atoms with van der Waals surface area (Å²) >= 11 is 0. The number of nitrogens with one attached hydrogen (secondary N) is 3. The van der Waals surface area contributed by atoms with E-state index in [4.69, 9.17) is 0 Å². The van der Waals surface area contributed by atoms with Crippen LogP contribution in [-0.4, -0.2) is 16.5 Å². The van der Waals surface area contributed by atoms with Gasteiger partial charge in [-0.15, -0.1) is 0 Å². The lowest BCUT2D eigenvalue weighted by molar-refractivity contribution is 0.247. The van der Waals surface area contributed by atoms with Gasteiger partial charge in [-0.1, -0.05) is 33.8 Å². The third kappa shape index (κ3) is 3.31. The molecule has 4 nitrogen and oxygen atoms in total. The molecule has 0 saturated heterocycles. The van der Waals surface area contributed by atoms with E-state index in [2.05, 4.69) is 56.0 Å². The van der Waals surface area contributed by atoms with E-state index >= 15 is 0 Å². The zero-order valence-electron chi connectivity index (χ0n) is 13.0. The van der Waals surface area contributed by atoms with Gasteiger partial charge in [-0.2, -0.15) is 0 Å². The zero-order chi connectivity index (χ0) is 14.9. The van der Waals surface area contributed by atoms with Gasteiger partial charge in [0.25, 0.3) is 0 Å². The minimum atomic E-state index is -0.154. The summed E-state index contributed by atoms with van der Waals surface area (Å²) in [5.41, 5.74) is 3.06. The van der Waals surface area contributed by atoms with Gasteiger partial charge < -0.3 is 15.3 Å². The standard InChI is InChI=1S/C16H25N3O/c1-10(16(3,4)5)9-17-11(2)12-6-7-13-14(8-12)19-15(20)18-13/h6-8,10-11,17H,9H2,1-5H3,(H2,18,19,20). The van der Waals surface area contributed by atoms with E-state index < -0.39 is 0 Å². The molecule has 110 valence electrons. The lowest BCUT2D eigenvalue weighted by Gasteiger charge is -2.29. The Morgan fingerprint density at radius 1 is 1.15 bits per heavy atom. The van der Waals surface area contributed by atoms with Crippen molar-refractivity contribution in [3.05, 3.63) is 34.2 Å². The third-order valence-electron chi connectivity index (χ3n) is 4.25. The van der Waals surface area contributed by atoms with Crippen molar-refractivity contribution in [3.8, 4) is 0 Å². The summed E-state index contributed by atoms with van der Waals surface area (Å²) in [4.78, 5) is 16.8. The third-order valence-corrected chi connectivity index (χ3v) is 4.25. The highest BCUT2D eigenvalue weighted by molar-refractivity contribution is 5.75. The zero-order valence-corrected chi connectivity index (χ0v) is 13.0. The Balaban J connectivity index is 2.07. The summed E-state index contributed by atoms with van der Waals surface area (Å²) in [6.45, 7) is 12.2. The number of rotatable bonds is 4. The van der Waals surface area contributed by atoms with Crippen LogP contribution in [0.5, 0.6) is 0 Å². The van der Waals surface area contributed by atoms with Crippen molar-refractivity contribution in [1.82, 2.24) is 15.3 Å². The number of fused-ring (bicyclic) bond motifs is 1. The van der Waals surface area contributed by atoms with Gasteiger partial charge in [-0.3, -0.25) is 0 Å². The highest BCUT2D eigenvalue weighted by Crippen LogP contribution is 2.25. The van der Waals surface area contributed by atoms with Crippen LogP contribution < -0.4 is 11.0 Å². The van der Waals surface area contributed by atoms with Crippen LogP contribution in [0.3, 0.4) is 0 Å².